The maximum Gasteiger partial charge on any atom is 0.258 e. The Morgan fingerprint density at radius 3 is 2.78 bits per heavy atom. The summed E-state index contributed by atoms with van der Waals surface area (Å²) >= 11 is 0. The van der Waals surface area contributed by atoms with Crippen LogP contribution in [0, 0.1) is 6.92 Å². The van der Waals surface area contributed by atoms with E-state index < -0.39 is 10.0 Å². The zero-order valence-corrected chi connectivity index (χ0v) is 13.6. The second-order valence-corrected chi connectivity index (χ2v) is 7.31. The van der Waals surface area contributed by atoms with E-state index in [0.717, 1.165) is 11.3 Å². The van der Waals surface area contributed by atoms with E-state index >= 15 is 0 Å². The second kappa shape index (κ2) is 5.62. The molecule has 3 rings (SSSR count). The number of benzene rings is 1. The lowest BCUT2D eigenvalue weighted by Gasteiger charge is -2.16. The maximum atomic E-state index is 12.3. The zero-order valence-electron chi connectivity index (χ0n) is 12.8. The summed E-state index contributed by atoms with van der Waals surface area (Å²) in [6, 6.07) is 6.72. The third kappa shape index (κ3) is 3.16. The Bertz CT molecular complexity index is 880. The molecule has 1 aromatic heterocycles. The number of hydrogen-bond acceptors (Lipinski definition) is 5. The summed E-state index contributed by atoms with van der Waals surface area (Å²) in [7, 11) is -3.29. The lowest BCUT2D eigenvalue weighted by molar-refractivity contribution is 0.102. The van der Waals surface area contributed by atoms with Crippen LogP contribution < -0.4 is 9.62 Å². The van der Waals surface area contributed by atoms with Gasteiger partial charge in [0, 0.05) is 24.0 Å². The molecular formula is C15H16N4O3S. The first-order chi connectivity index (χ1) is 10.8. The Morgan fingerprint density at radius 1 is 1.30 bits per heavy atom. The summed E-state index contributed by atoms with van der Waals surface area (Å²) in [5, 5.41) is 2.64. The second-order valence-electron chi connectivity index (χ2n) is 5.40. The van der Waals surface area contributed by atoms with Crippen molar-refractivity contribution in [2.24, 2.45) is 0 Å². The van der Waals surface area contributed by atoms with Crippen LogP contribution in [0.5, 0.6) is 0 Å². The summed E-state index contributed by atoms with van der Waals surface area (Å²) in [5.41, 5.74) is 2.68. The highest BCUT2D eigenvalue weighted by Gasteiger charge is 2.26. The molecule has 0 fully saturated rings. The predicted octanol–water partition coefficient (Wildman–Crippen LogP) is 1.36. The van der Waals surface area contributed by atoms with Crippen LogP contribution in [0.4, 0.5) is 11.6 Å². The Balaban J connectivity index is 1.84. The van der Waals surface area contributed by atoms with Gasteiger partial charge < -0.3 is 0 Å². The topological polar surface area (TPSA) is 92.3 Å². The van der Waals surface area contributed by atoms with Crippen molar-refractivity contribution in [3.05, 3.63) is 47.3 Å². The quantitative estimate of drug-likeness (QED) is 0.916. The van der Waals surface area contributed by atoms with Crippen molar-refractivity contribution >= 4 is 27.6 Å². The Hall–Kier alpha value is -2.48. The van der Waals surface area contributed by atoms with E-state index in [1.54, 1.807) is 30.5 Å². The Morgan fingerprint density at radius 2 is 2.09 bits per heavy atom. The number of sulfonamides is 1. The lowest BCUT2D eigenvalue weighted by atomic mass is 10.1. The predicted molar refractivity (Wildman–Crippen MR) is 87.1 cm³/mol. The number of amides is 1. The van der Waals surface area contributed by atoms with Gasteiger partial charge >= 0.3 is 0 Å². The van der Waals surface area contributed by atoms with Gasteiger partial charge in [-0.15, -0.1) is 0 Å². The van der Waals surface area contributed by atoms with Gasteiger partial charge in [0.15, 0.2) is 0 Å². The maximum absolute atomic E-state index is 12.3. The first-order valence-corrected chi connectivity index (χ1v) is 8.91. The van der Waals surface area contributed by atoms with E-state index in [9.17, 15) is 13.2 Å². The first kappa shape index (κ1) is 15.4. The van der Waals surface area contributed by atoms with Crippen molar-refractivity contribution in [1.29, 1.82) is 0 Å². The molecule has 1 aliphatic rings. The Labute approximate surface area is 134 Å². The smallest absolute Gasteiger partial charge is 0.258 e. The molecule has 0 bridgehead atoms. The van der Waals surface area contributed by atoms with Crippen molar-refractivity contribution in [3.63, 3.8) is 0 Å². The van der Waals surface area contributed by atoms with Crippen molar-refractivity contribution in [1.82, 2.24) is 9.97 Å². The molecule has 0 saturated heterocycles. The van der Waals surface area contributed by atoms with Gasteiger partial charge in [0.2, 0.25) is 16.0 Å². The average molecular weight is 332 g/mol. The lowest BCUT2D eigenvalue weighted by Crippen LogP contribution is -2.27. The minimum atomic E-state index is -3.29. The van der Waals surface area contributed by atoms with Gasteiger partial charge in [-0.1, -0.05) is 0 Å². The number of fused-ring (bicyclic) bond motifs is 1. The van der Waals surface area contributed by atoms with Crippen LogP contribution >= 0.6 is 0 Å². The van der Waals surface area contributed by atoms with Crippen LogP contribution in [0.1, 0.15) is 21.6 Å². The Kier molecular flexibility index (Phi) is 3.77. The van der Waals surface area contributed by atoms with Crippen molar-refractivity contribution < 1.29 is 13.2 Å². The number of nitrogens with one attached hydrogen (secondary N) is 1. The minimum absolute atomic E-state index is 0.244. The summed E-state index contributed by atoms with van der Waals surface area (Å²) in [5.74, 6) is -0.0792. The number of aromatic nitrogens is 2. The molecule has 2 heterocycles. The van der Waals surface area contributed by atoms with Crippen molar-refractivity contribution in [3.8, 4) is 0 Å². The molecule has 0 aliphatic carbocycles. The molecule has 1 amide bonds. The van der Waals surface area contributed by atoms with E-state index in [1.165, 1.54) is 10.6 Å². The van der Waals surface area contributed by atoms with Gasteiger partial charge in [-0.05, 0) is 43.2 Å². The molecule has 0 atom stereocenters. The fourth-order valence-corrected chi connectivity index (χ4v) is 3.50. The van der Waals surface area contributed by atoms with E-state index in [4.69, 9.17) is 0 Å². The van der Waals surface area contributed by atoms with E-state index in [1.807, 2.05) is 6.92 Å². The van der Waals surface area contributed by atoms with Crippen LogP contribution in [-0.2, 0) is 16.4 Å². The summed E-state index contributed by atoms with van der Waals surface area (Å²) in [6.45, 7) is 2.22. The number of rotatable bonds is 3. The molecule has 0 radical (unpaired) electrons. The van der Waals surface area contributed by atoms with Crippen LogP contribution in [-0.4, -0.2) is 37.1 Å². The minimum Gasteiger partial charge on any atom is -0.290 e. The van der Waals surface area contributed by atoms with E-state index in [0.29, 0.717) is 24.2 Å². The number of nitrogens with zero attached hydrogens (tertiary/aromatic N) is 3. The molecule has 0 saturated carbocycles. The molecule has 0 unspecified atom stereocenters. The standard InChI is InChI=1S/C15H16N4O3S/c1-10-5-7-16-15(17-10)18-14(20)12-3-4-13-11(9-12)6-8-19(13)23(2,21)22/h3-5,7,9H,6,8H2,1-2H3,(H,16,17,18,20). The molecule has 1 N–H and O–H groups in total. The number of aryl methyl sites for hydroxylation is 1. The molecular weight excluding hydrogens is 316 g/mol. The molecule has 1 aliphatic heterocycles. The van der Waals surface area contributed by atoms with Gasteiger partial charge in [0.05, 0.1) is 11.9 Å². The number of carbonyl (C=O) groups excluding carboxylic acids is 1. The monoisotopic (exact) mass is 332 g/mol. The van der Waals surface area contributed by atoms with Crippen LogP contribution in [0.2, 0.25) is 0 Å². The number of hydrogen-bond donors (Lipinski definition) is 1. The van der Waals surface area contributed by atoms with Crippen LogP contribution in [0.3, 0.4) is 0 Å². The van der Waals surface area contributed by atoms with Gasteiger partial charge in [-0.3, -0.25) is 14.4 Å². The van der Waals surface area contributed by atoms with Crippen molar-refractivity contribution in [2.45, 2.75) is 13.3 Å². The molecule has 23 heavy (non-hydrogen) atoms. The third-order valence-electron chi connectivity index (χ3n) is 3.62. The van der Waals surface area contributed by atoms with Gasteiger partial charge in [0.25, 0.3) is 5.91 Å². The van der Waals surface area contributed by atoms with Gasteiger partial charge in [-0.2, -0.15) is 0 Å². The summed E-state index contributed by atoms with van der Waals surface area (Å²) in [4.78, 5) is 20.4. The molecule has 120 valence electrons. The largest absolute Gasteiger partial charge is 0.290 e. The summed E-state index contributed by atoms with van der Waals surface area (Å²) < 4.78 is 24.8. The van der Waals surface area contributed by atoms with Crippen LogP contribution in [0.25, 0.3) is 0 Å². The molecule has 1 aromatic carbocycles. The van der Waals surface area contributed by atoms with Crippen molar-refractivity contribution in [2.75, 3.05) is 22.4 Å². The van der Waals surface area contributed by atoms with Crippen LogP contribution in [0.15, 0.2) is 30.5 Å². The molecule has 0 spiro atoms. The molecule has 8 heteroatoms. The van der Waals surface area contributed by atoms with E-state index in [2.05, 4.69) is 15.3 Å². The normalized spacial score (nSPS) is 13.7. The average Bonchev–Trinajstić information content (AvgIpc) is 2.90. The van der Waals surface area contributed by atoms with E-state index in [-0.39, 0.29) is 11.9 Å². The number of carbonyl (C=O) groups is 1. The zero-order chi connectivity index (χ0) is 16.6. The third-order valence-corrected chi connectivity index (χ3v) is 4.80. The number of anilines is 2. The SMILES string of the molecule is Cc1ccnc(NC(=O)c2ccc3c(c2)CCN3S(C)(=O)=O)n1. The summed E-state index contributed by atoms with van der Waals surface area (Å²) in [6.07, 6.45) is 3.34. The fraction of sp³-hybridized carbons (Fsp3) is 0.267. The highest BCUT2D eigenvalue weighted by atomic mass is 32.2. The highest BCUT2D eigenvalue weighted by Crippen LogP contribution is 2.30. The van der Waals surface area contributed by atoms with Gasteiger partial charge in [0.1, 0.15) is 0 Å². The van der Waals surface area contributed by atoms with Gasteiger partial charge in [-0.25, -0.2) is 18.4 Å². The molecule has 2 aromatic rings. The molecule has 7 nitrogen and oxygen atoms in total. The highest BCUT2D eigenvalue weighted by molar-refractivity contribution is 7.92. The first-order valence-electron chi connectivity index (χ1n) is 7.06. The fourth-order valence-electron chi connectivity index (χ4n) is 2.54.